The van der Waals surface area contributed by atoms with Crippen LogP contribution in [0.3, 0.4) is 0 Å². The van der Waals surface area contributed by atoms with Crippen LogP contribution in [0.2, 0.25) is 0 Å². The minimum Gasteiger partial charge on any atom is -0.465 e. The van der Waals surface area contributed by atoms with Crippen molar-refractivity contribution in [2.75, 3.05) is 6.61 Å². The van der Waals surface area contributed by atoms with E-state index in [1.165, 1.54) is 70.6 Å². The molecule has 3 fully saturated rings. The van der Waals surface area contributed by atoms with E-state index in [-0.39, 0.29) is 11.9 Å². The van der Waals surface area contributed by atoms with Gasteiger partial charge < -0.3 is 4.74 Å². The Bertz CT molecular complexity index is 408. The highest BCUT2D eigenvalue weighted by Gasteiger charge is 2.35. The Morgan fingerprint density at radius 2 is 1.12 bits per heavy atom. The van der Waals surface area contributed by atoms with Crippen LogP contribution in [0, 0.1) is 35.5 Å². The Kier molecular flexibility index (Phi) is 7.88. The minimum atomic E-state index is 0.0803. The average Bonchev–Trinajstić information content (AvgIpc) is 2.72. The summed E-state index contributed by atoms with van der Waals surface area (Å²) >= 11 is 0. The molecule has 3 aliphatic rings. The second-order valence-electron chi connectivity index (χ2n) is 9.64. The van der Waals surface area contributed by atoms with Crippen molar-refractivity contribution < 1.29 is 9.53 Å². The van der Waals surface area contributed by atoms with Crippen molar-refractivity contribution in [3.8, 4) is 0 Å². The summed E-state index contributed by atoms with van der Waals surface area (Å²) in [5, 5.41) is 0. The Balaban J connectivity index is 1.36. The van der Waals surface area contributed by atoms with Crippen LogP contribution in [0.15, 0.2) is 0 Å². The van der Waals surface area contributed by atoms with Crippen LogP contribution < -0.4 is 0 Å². The van der Waals surface area contributed by atoms with Gasteiger partial charge in [-0.3, -0.25) is 4.79 Å². The van der Waals surface area contributed by atoms with Crippen LogP contribution in [0.25, 0.3) is 0 Å². The molecular weight excluding hydrogens is 320 g/mol. The van der Waals surface area contributed by atoms with Crippen molar-refractivity contribution in [3.05, 3.63) is 0 Å². The fourth-order valence-corrected chi connectivity index (χ4v) is 6.30. The topological polar surface area (TPSA) is 26.3 Å². The molecule has 0 aromatic rings. The van der Waals surface area contributed by atoms with Crippen molar-refractivity contribution in [1.82, 2.24) is 0 Å². The van der Waals surface area contributed by atoms with Crippen molar-refractivity contribution in [1.29, 1.82) is 0 Å². The molecule has 0 heterocycles. The van der Waals surface area contributed by atoms with Gasteiger partial charge in [0, 0.05) is 0 Å². The lowest BCUT2D eigenvalue weighted by atomic mass is 9.65. The second kappa shape index (κ2) is 10.1. The number of esters is 1. The van der Waals surface area contributed by atoms with Gasteiger partial charge in [0.25, 0.3) is 0 Å². The van der Waals surface area contributed by atoms with Gasteiger partial charge in [-0.25, -0.2) is 0 Å². The SMILES string of the molecule is CCCOC(=O)[C@H]1CC[C@@H]([C@H]2CC[C@H]([C@H]3CC[C@H](CC)CC3)CC2)CC1. The lowest BCUT2D eigenvalue weighted by molar-refractivity contribution is -0.150. The van der Waals surface area contributed by atoms with Gasteiger partial charge in [-0.05, 0) is 100 Å². The number of rotatable bonds is 6. The monoisotopic (exact) mass is 362 g/mol. The van der Waals surface area contributed by atoms with E-state index in [0.29, 0.717) is 6.61 Å². The van der Waals surface area contributed by atoms with Crippen molar-refractivity contribution in [2.45, 2.75) is 104 Å². The molecule has 0 aromatic carbocycles. The van der Waals surface area contributed by atoms with Gasteiger partial charge in [-0.1, -0.05) is 33.1 Å². The molecule has 0 spiro atoms. The van der Waals surface area contributed by atoms with E-state index < -0.39 is 0 Å². The van der Waals surface area contributed by atoms with E-state index in [4.69, 9.17) is 4.74 Å². The van der Waals surface area contributed by atoms with Crippen molar-refractivity contribution in [3.63, 3.8) is 0 Å². The standard InChI is InChI=1S/C24H42O2/c1-3-17-26-24(25)23-15-13-22(14-16-23)21-11-9-20(10-12-21)19-7-5-18(4-2)6-8-19/h18-23H,3-17H2,1-2H3/t18-,19-,20-,21-,22-,23+. The van der Waals surface area contributed by atoms with E-state index in [1.54, 1.807) is 0 Å². The molecule has 3 saturated carbocycles. The maximum absolute atomic E-state index is 12.1. The summed E-state index contributed by atoms with van der Waals surface area (Å²) in [5.41, 5.74) is 0. The zero-order valence-corrected chi connectivity index (χ0v) is 17.4. The normalized spacial score (nSPS) is 38.7. The van der Waals surface area contributed by atoms with Gasteiger partial charge in [0.1, 0.15) is 0 Å². The lowest BCUT2D eigenvalue weighted by Crippen LogP contribution is -2.31. The smallest absolute Gasteiger partial charge is 0.308 e. The van der Waals surface area contributed by atoms with Crippen LogP contribution in [0.4, 0.5) is 0 Å². The summed E-state index contributed by atoms with van der Waals surface area (Å²) < 4.78 is 5.37. The predicted molar refractivity (Wildman–Crippen MR) is 108 cm³/mol. The molecule has 3 rings (SSSR count). The first-order valence-corrected chi connectivity index (χ1v) is 11.9. The molecule has 0 bridgehead atoms. The summed E-state index contributed by atoms with van der Waals surface area (Å²) in [7, 11) is 0. The third-order valence-corrected chi connectivity index (χ3v) is 8.17. The number of carbonyl (C=O) groups excluding carboxylic acids is 1. The Morgan fingerprint density at radius 1 is 0.692 bits per heavy atom. The van der Waals surface area contributed by atoms with Crippen LogP contribution in [0.5, 0.6) is 0 Å². The summed E-state index contributed by atoms with van der Waals surface area (Å²) in [6.07, 6.45) is 19.0. The number of carbonyl (C=O) groups is 1. The molecule has 3 aliphatic carbocycles. The van der Waals surface area contributed by atoms with Crippen molar-refractivity contribution >= 4 is 5.97 Å². The molecule has 0 N–H and O–H groups in total. The number of hydrogen-bond donors (Lipinski definition) is 0. The molecule has 0 aromatic heterocycles. The highest BCUT2D eigenvalue weighted by atomic mass is 16.5. The first-order chi connectivity index (χ1) is 12.7. The maximum Gasteiger partial charge on any atom is 0.308 e. The van der Waals surface area contributed by atoms with Crippen LogP contribution in [-0.4, -0.2) is 12.6 Å². The van der Waals surface area contributed by atoms with Crippen LogP contribution in [0.1, 0.15) is 104 Å². The Hall–Kier alpha value is -0.530. The van der Waals surface area contributed by atoms with Gasteiger partial charge in [0.05, 0.1) is 12.5 Å². The molecule has 26 heavy (non-hydrogen) atoms. The fourth-order valence-electron chi connectivity index (χ4n) is 6.30. The van der Waals surface area contributed by atoms with Gasteiger partial charge in [-0.2, -0.15) is 0 Å². The van der Waals surface area contributed by atoms with E-state index >= 15 is 0 Å². The van der Waals surface area contributed by atoms with Crippen molar-refractivity contribution in [2.24, 2.45) is 35.5 Å². The molecule has 2 heteroatoms. The molecule has 0 saturated heterocycles. The molecule has 0 amide bonds. The Morgan fingerprint density at radius 3 is 1.54 bits per heavy atom. The van der Waals surface area contributed by atoms with Crippen LogP contribution >= 0.6 is 0 Å². The second-order valence-corrected chi connectivity index (χ2v) is 9.64. The van der Waals surface area contributed by atoms with Gasteiger partial charge in [-0.15, -0.1) is 0 Å². The zero-order chi connectivity index (χ0) is 18.4. The first kappa shape index (κ1) is 20.2. The number of hydrogen-bond acceptors (Lipinski definition) is 2. The highest BCUT2D eigenvalue weighted by Crippen LogP contribution is 2.46. The summed E-state index contributed by atoms with van der Waals surface area (Å²) in [6, 6.07) is 0. The highest BCUT2D eigenvalue weighted by molar-refractivity contribution is 5.72. The van der Waals surface area contributed by atoms with E-state index in [9.17, 15) is 4.79 Å². The third-order valence-electron chi connectivity index (χ3n) is 8.17. The largest absolute Gasteiger partial charge is 0.465 e. The fraction of sp³-hybridized carbons (Fsp3) is 0.958. The molecule has 0 unspecified atom stereocenters. The minimum absolute atomic E-state index is 0.0803. The molecule has 0 aliphatic heterocycles. The van der Waals surface area contributed by atoms with E-state index in [0.717, 1.165) is 48.9 Å². The molecule has 0 radical (unpaired) electrons. The van der Waals surface area contributed by atoms with Gasteiger partial charge in [0.15, 0.2) is 0 Å². The van der Waals surface area contributed by atoms with E-state index in [1.807, 2.05) is 0 Å². The van der Waals surface area contributed by atoms with Crippen LogP contribution in [-0.2, 0) is 9.53 Å². The molecule has 2 nitrogen and oxygen atoms in total. The quantitative estimate of drug-likeness (QED) is 0.487. The molecule has 0 atom stereocenters. The summed E-state index contributed by atoms with van der Waals surface area (Å²) in [4.78, 5) is 12.1. The van der Waals surface area contributed by atoms with E-state index in [2.05, 4.69) is 13.8 Å². The zero-order valence-electron chi connectivity index (χ0n) is 17.4. The number of ether oxygens (including phenoxy) is 1. The maximum atomic E-state index is 12.1. The third kappa shape index (κ3) is 5.26. The van der Waals surface area contributed by atoms with Gasteiger partial charge in [0.2, 0.25) is 0 Å². The Labute approximate surface area is 161 Å². The first-order valence-electron chi connectivity index (χ1n) is 11.9. The average molecular weight is 363 g/mol. The molecule has 150 valence electrons. The predicted octanol–water partition coefficient (Wildman–Crippen LogP) is 6.77. The molecular formula is C24H42O2. The lowest BCUT2D eigenvalue weighted by Gasteiger charge is -2.41. The van der Waals surface area contributed by atoms with Gasteiger partial charge >= 0.3 is 5.97 Å². The summed E-state index contributed by atoms with van der Waals surface area (Å²) in [5.74, 6) is 5.22. The summed E-state index contributed by atoms with van der Waals surface area (Å²) in [6.45, 7) is 5.04.